The molecule has 0 aromatic heterocycles. The van der Waals surface area contributed by atoms with E-state index in [0.29, 0.717) is 18.2 Å². The largest absolute Gasteiger partial charge is 0.438 e. The van der Waals surface area contributed by atoms with Crippen LogP contribution in [0.1, 0.15) is 63.6 Å². The molecule has 0 saturated carbocycles. The number of rotatable bonds is 9. The molecule has 0 aliphatic heterocycles. The number of aryl methyl sites for hydroxylation is 1. The molecule has 0 spiro atoms. The first-order chi connectivity index (χ1) is 14.2. The Labute approximate surface area is 181 Å². The summed E-state index contributed by atoms with van der Waals surface area (Å²) in [6.07, 6.45) is 0.611. The van der Waals surface area contributed by atoms with Gasteiger partial charge in [-0.2, -0.15) is 0 Å². The minimum Gasteiger partial charge on any atom is -0.438 e. The zero-order valence-electron chi connectivity index (χ0n) is 19.2. The van der Waals surface area contributed by atoms with Crippen LogP contribution >= 0.6 is 0 Å². The second kappa shape index (κ2) is 10.5. The van der Waals surface area contributed by atoms with Gasteiger partial charge in [-0.3, -0.25) is 5.32 Å². The highest BCUT2D eigenvalue weighted by molar-refractivity contribution is 5.86. The molecule has 1 unspecified atom stereocenters. The van der Waals surface area contributed by atoms with Gasteiger partial charge in [0.15, 0.2) is 0 Å². The fourth-order valence-electron chi connectivity index (χ4n) is 3.45. The minimum absolute atomic E-state index is 0.104. The average molecular weight is 413 g/mol. The van der Waals surface area contributed by atoms with E-state index in [0.717, 1.165) is 29.8 Å². The SMILES string of the molecule is CCC(C)c1ccc(C(C)(C)OC(=O)Nc2ccc(N(CC)CCO)cc2C)cc1. The highest BCUT2D eigenvalue weighted by Crippen LogP contribution is 2.29. The van der Waals surface area contributed by atoms with Crippen LogP contribution < -0.4 is 10.2 Å². The summed E-state index contributed by atoms with van der Waals surface area (Å²) in [7, 11) is 0. The number of ether oxygens (including phenoxy) is 1. The lowest BCUT2D eigenvalue weighted by Crippen LogP contribution is -2.29. The first-order valence-electron chi connectivity index (χ1n) is 10.8. The van der Waals surface area contributed by atoms with Gasteiger partial charge in [-0.25, -0.2) is 4.79 Å². The third-order valence-electron chi connectivity index (χ3n) is 5.70. The van der Waals surface area contributed by atoms with Crippen molar-refractivity contribution < 1.29 is 14.6 Å². The van der Waals surface area contributed by atoms with Crippen molar-refractivity contribution in [3.63, 3.8) is 0 Å². The summed E-state index contributed by atoms with van der Waals surface area (Å²) in [5, 5.41) is 12.1. The molecular weight excluding hydrogens is 376 g/mol. The lowest BCUT2D eigenvalue weighted by atomic mass is 9.93. The van der Waals surface area contributed by atoms with Gasteiger partial charge in [0, 0.05) is 24.5 Å². The number of nitrogens with zero attached hydrogens (tertiary/aromatic N) is 1. The van der Waals surface area contributed by atoms with Gasteiger partial charge in [0.1, 0.15) is 5.60 Å². The predicted octanol–water partition coefficient (Wildman–Crippen LogP) is 5.81. The molecule has 0 aliphatic carbocycles. The monoisotopic (exact) mass is 412 g/mol. The third kappa shape index (κ3) is 5.99. The fraction of sp³-hybridized carbons (Fsp3) is 0.480. The first kappa shape index (κ1) is 23.7. The van der Waals surface area contributed by atoms with E-state index in [4.69, 9.17) is 4.74 Å². The molecule has 164 valence electrons. The zero-order valence-corrected chi connectivity index (χ0v) is 19.2. The molecule has 2 aromatic carbocycles. The predicted molar refractivity (Wildman–Crippen MR) is 124 cm³/mol. The number of anilines is 2. The molecule has 0 radical (unpaired) electrons. The Morgan fingerprint density at radius 3 is 2.37 bits per heavy atom. The summed E-state index contributed by atoms with van der Waals surface area (Å²) in [6.45, 7) is 13.7. The van der Waals surface area contributed by atoms with Crippen molar-refractivity contribution in [1.82, 2.24) is 0 Å². The summed E-state index contributed by atoms with van der Waals surface area (Å²) in [5.41, 5.74) is 4.18. The van der Waals surface area contributed by atoms with Crippen LogP contribution in [-0.2, 0) is 10.3 Å². The van der Waals surface area contributed by atoms with Crippen molar-refractivity contribution in [3.05, 3.63) is 59.2 Å². The van der Waals surface area contributed by atoms with Crippen LogP contribution in [0.2, 0.25) is 0 Å². The Hall–Kier alpha value is -2.53. The number of amides is 1. The third-order valence-corrected chi connectivity index (χ3v) is 5.70. The highest BCUT2D eigenvalue weighted by Gasteiger charge is 2.26. The summed E-state index contributed by atoms with van der Waals surface area (Å²) in [4.78, 5) is 14.7. The van der Waals surface area contributed by atoms with Crippen LogP contribution in [0.5, 0.6) is 0 Å². The second-order valence-corrected chi connectivity index (χ2v) is 8.26. The van der Waals surface area contributed by atoms with E-state index < -0.39 is 11.7 Å². The number of hydrogen-bond donors (Lipinski definition) is 2. The van der Waals surface area contributed by atoms with Crippen molar-refractivity contribution in [2.45, 2.75) is 59.5 Å². The molecule has 5 heteroatoms. The van der Waals surface area contributed by atoms with Gasteiger partial charge in [-0.15, -0.1) is 0 Å². The van der Waals surface area contributed by atoms with Crippen LogP contribution in [-0.4, -0.2) is 30.9 Å². The molecule has 0 heterocycles. The Morgan fingerprint density at radius 1 is 1.17 bits per heavy atom. The minimum atomic E-state index is -0.744. The molecule has 1 amide bonds. The normalized spacial score (nSPS) is 12.4. The number of carbonyl (C=O) groups excluding carboxylic acids is 1. The molecule has 1 atom stereocenters. The van der Waals surface area contributed by atoms with Crippen molar-refractivity contribution in [3.8, 4) is 0 Å². The summed E-state index contributed by atoms with van der Waals surface area (Å²) in [6, 6.07) is 14.1. The summed E-state index contributed by atoms with van der Waals surface area (Å²) in [5.74, 6) is 0.512. The highest BCUT2D eigenvalue weighted by atomic mass is 16.6. The van der Waals surface area contributed by atoms with E-state index in [9.17, 15) is 9.90 Å². The molecule has 2 N–H and O–H groups in total. The molecular formula is C25H36N2O3. The molecule has 0 aliphatic rings. The van der Waals surface area contributed by atoms with Gasteiger partial charge in [0.05, 0.1) is 6.61 Å². The average Bonchev–Trinajstić information content (AvgIpc) is 2.72. The van der Waals surface area contributed by atoms with E-state index in [1.807, 2.05) is 58.0 Å². The molecule has 0 saturated heterocycles. The van der Waals surface area contributed by atoms with Crippen molar-refractivity contribution >= 4 is 17.5 Å². The van der Waals surface area contributed by atoms with E-state index in [1.165, 1.54) is 5.56 Å². The van der Waals surface area contributed by atoms with Gasteiger partial charge in [-0.05, 0) is 74.9 Å². The van der Waals surface area contributed by atoms with Gasteiger partial charge in [0.2, 0.25) is 0 Å². The molecule has 0 bridgehead atoms. The number of nitrogens with one attached hydrogen (secondary N) is 1. The zero-order chi connectivity index (χ0) is 22.3. The van der Waals surface area contributed by atoms with Crippen LogP contribution in [0, 0.1) is 6.92 Å². The summed E-state index contributed by atoms with van der Waals surface area (Å²) >= 11 is 0. The van der Waals surface area contributed by atoms with Crippen LogP contribution in [0.15, 0.2) is 42.5 Å². The lowest BCUT2D eigenvalue weighted by Gasteiger charge is -2.27. The van der Waals surface area contributed by atoms with E-state index >= 15 is 0 Å². The van der Waals surface area contributed by atoms with Gasteiger partial charge in [0.25, 0.3) is 0 Å². The standard InChI is InChI=1S/C25H36N2O3/c1-7-18(3)20-9-11-21(12-10-20)25(5,6)30-24(29)26-23-14-13-22(17-19(23)4)27(8-2)15-16-28/h9-14,17-18,28H,7-8,15-16H2,1-6H3,(H,26,29). The van der Waals surface area contributed by atoms with Crippen molar-refractivity contribution in [1.29, 1.82) is 0 Å². The van der Waals surface area contributed by atoms with Crippen LogP contribution in [0.3, 0.4) is 0 Å². The second-order valence-electron chi connectivity index (χ2n) is 8.26. The number of aliphatic hydroxyl groups is 1. The quantitative estimate of drug-likeness (QED) is 0.545. The number of benzene rings is 2. The molecule has 0 fully saturated rings. The number of carbonyl (C=O) groups is 1. The molecule has 2 rings (SSSR count). The van der Waals surface area contributed by atoms with E-state index in [-0.39, 0.29) is 6.61 Å². The molecule has 5 nitrogen and oxygen atoms in total. The maximum atomic E-state index is 12.6. The van der Waals surface area contributed by atoms with Crippen LogP contribution in [0.25, 0.3) is 0 Å². The number of likely N-dealkylation sites (N-methyl/N-ethyl adjacent to an activating group) is 1. The summed E-state index contributed by atoms with van der Waals surface area (Å²) < 4.78 is 5.75. The van der Waals surface area contributed by atoms with E-state index in [2.05, 4.69) is 36.2 Å². The van der Waals surface area contributed by atoms with Crippen LogP contribution in [0.4, 0.5) is 16.2 Å². The van der Waals surface area contributed by atoms with Gasteiger partial charge >= 0.3 is 6.09 Å². The topological polar surface area (TPSA) is 61.8 Å². The Balaban J connectivity index is 2.07. The first-order valence-corrected chi connectivity index (χ1v) is 10.8. The smallest absolute Gasteiger partial charge is 0.412 e. The lowest BCUT2D eigenvalue weighted by molar-refractivity contribution is 0.0466. The Morgan fingerprint density at radius 2 is 1.83 bits per heavy atom. The molecule has 30 heavy (non-hydrogen) atoms. The van der Waals surface area contributed by atoms with Gasteiger partial charge in [-0.1, -0.05) is 38.1 Å². The van der Waals surface area contributed by atoms with Gasteiger partial charge < -0.3 is 14.7 Å². The maximum absolute atomic E-state index is 12.6. The van der Waals surface area contributed by atoms with Crippen molar-refractivity contribution in [2.24, 2.45) is 0 Å². The Bertz CT molecular complexity index is 831. The van der Waals surface area contributed by atoms with E-state index in [1.54, 1.807) is 0 Å². The fourth-order valence-corrected chi connectivity index (χ4v) is 3.45. The Kier molecular flexibility index (Phi) is 8.30. The number of aliphatic hydroxyl groups excluding tert-OH is 1. The number of hydrogen-bond acceptors (Lipinski definition) is 4. The van der Waals surface area contributed by atoms with Crippen molar-refractivity contribution in [2.75, 3.05) is 29.9 Å². The molecule has 2 aromatic rings. The maximum Gasteiger partial charge on any atom is 0.412 e.